The lowest BCUT2D eigenvalue weighted by molar-refractivity contribution is -0.145. The molecule has 4 unspecified atom stereocenters. The van der Waals surface area contributed by atoms with Crippen molar-refractivity contribution in [3.63, 3.8) is 0 Å². The highest BCUT2D eigenvalue weighted by molar-refractivity contribution is 5.56. The maximum Gasteiger partial charge on any atom is 0.231 e. The van der Waals surface area contributed by atoms with E-state index in [4.69, 9.17) is 18.9 Å². The fraction of sp³-hybridized carbons (Fsp3) is 0.556. The topological polar surface area (TPSA) is 60.4 Å². The van der Waals surface area contributed by atoms with Crippen LogP contribution in [-0.2, 0) is 21.5 Å². The number of methoxy groups -OCH3 is 1. The van der Waals surface area contributed by atoms with Crippen LogP contribution in [0.3, 0.4) is 0 Å². The van der Waals surface area contributed by atoms with Crippen molar-refractivity contribution in [2.45, 2.75) is 36.4 Å². The first kappa shape index (κ1) is 14.7. The predicted molar refractivity (Wildman–Crippen MR) is 85.0 cm³/mol. The SMILES string of the molecule is COC1C=CC23c4cc5c(cc4COC2CN(C)C3(O)C1)OCO5. The first-order valence-electron chi connectivity index (χ1n) is 8.29. The predicted octanol–water partition coefficient (Wildman–Crippen LogP) is 1.16. The van der Waals surface area contributed by atoms with E-state index < -0.39 is 11.1 Å². The Hall–Kier alpha value is -1.60. The van der Waals surface area contributed by atoms with Crippen molar-refractivity contribution >= 4 is 0 Å². The summed E-state index contributed by atoms with van der Waals surface area (Å²) in [5.41, 5.74) is 0.437. The minimum atomic E-state index is -1.06. The van der Waals surface area contributed by atoms with E-state index in [0.717, 1.165) is 22.6 Å². The Morgan fingerprint density at radius 3 is 2.88 bits per heavy atom. The minimum absolute atomic E-state index is 0.102. The van der Waals surface area contributed by atoms with Crippen LogP contribution in [0.25, 0.3) is 0 Å². The Morgan fingerprint density at radius 2 is 2.08 bits per heavy atom. The molecule has 3 heterocycles. The molecule has 6 nitrogen and oxygen atoms in total. The zero-order valence-electron chi connectivity index (χ0n) is 13.8. The Bertz CT molecular complexity index is 734. The molecule has 24 heavy (non-hydrogen) atoms. The van der Waals surface area contributed by atoms with Gasteiger partial charge in [-0.05, 0) is 30.3 Å². The van der Waals surface area contributed by atoms with Crippen LogP contribution in [0.2, 0.25) is 0 Å². The number of aliphatic hydroxyl groups is 1. The molecule has 0 amide bonds. The molecule has 0 saturated carbocycles. The van der Waals surface area contributed by atoms with Crippen molar-refractivity contribution in [2.75, 3.05) is 27.5 Å². The van der Waals surface area contributed by atoms with Gasteiger partial charge in [-0.15, -0.1) is 0 Å². The second kappa shape index (κ2) is 4.73. The molecule has 1 aromatic carbocycles. The van der Waals surface area contributed by atoms with E-state index in [2.05, 4.69) is 6.08 Å². The maximum atomic E-state index is 11.7. The van der Waals surface area contributed by atoms with Gasteiger partial charge in [0.25, 0.3) is 0 Å². The first-order chi connectivity index (χ1) is 11.6. The van der Waals surface area contributed by atoms with Crippen LogP contribution in [0.15, 0.2) is 24.3 Å². The van der Waals surface area contributed by atoms with Crippen molar-refractivity contribution in [3.8, 4) is 11.5 Å². The number of fused-ring (bicyclic) bond motifs is 2. The number of rotatable bonds is 1. The number of benzene rings is 1. The molecule has 0 aromatic heterocycles. The van der Waals surface area contributed by atoms with E-state index in [1.165, 1.54) is 0 Å². The number of ether oxygens (including phenoxy) is 4. The van der Waals surface area contributed by atoms with Crippen LogP contribution in [0.1, 0.15) is 17.5 Å². The number of hydrogen-bond acceptors (Lipinski definition) is 6. The Kier molecular flexibility index (Phi) is 2.90. The van der Waals surface area contributed by atoms with Crippen LogP contribution in [0.5, 0.6) is 11.5 Å². The van der Waals surface area contributed by atoms with Gasteiger partial charge in [0, 0.05) is 20.1 Å². The van der Waals surface area contributed by atoms with E-state index in [1.54, 1.807) is 7.11 Å². The molecule has 1 saturated heterocycles. The van der Waals surface area contributed by atoms with E-state index in [1.807, 2.05) is 30.2 Å². The molecular weight excluding hydrogens is 310 g/mol. The van der Waals surface area contributed by atoms with Crippen LogP contribution in [-0.4, -0.2) is 55.4 Å². The second-order valence-corrected chi connectivity index (χ2v) is 7.07. The van der Waals surface area contributed by atoms with Crippen LogP contribution in [0, 0.1) is 0 Å². The molecule has 0 bridgehead atoms. The molecule has 6 heteroatoms. The third-order valence-corrected chi connectivity index (χ3v) is 6.09. The van der Waals surface area contributed by atoms with Crippen molar-refractivity contribution in [2.24, 2.45) is 0 Å². The van der Waals surface area contributed by atoms with Gasteiger partial charge in [0.1, 0.15) is 5.72 Å². The largest absolute Gasteiger partial charge is 0.454 e. The summed E-state index contributed by atoms with van der Waals surface area (Å²) in [5.74, 6) is 1.49. The van der Waals surface area contributed by atoms with E-state index >= 15 is 0 Å². The highest BCUT2D eigenvalue weighted by Crippen LogP contribution is 2.57. The average molecular weight is 331 g/mol. The summed E-state index contributed by atoms with van der Waals surface area (Å²) in [5, 5.41) is 11.7. The summed E-state index contributed by atoms with van der Waals surface area (Å²) >= 11 is 0. The zero-order valence-corrected chi connectivity index (χ0v) is 13.8. The lowest BCUT2D eigenvalue weighted by atomic mass is 9.63. The minimum Gasteiger partial charge on any atom is -0.454 e. The summed E-state index contributed by atoms with van der Waals surface area (Å²) < 4.78 is 22.7. The number of likely N-dealkylation sites (tertiary alicyclic amines) is 1. The Morgan fingerprint density at radius 1 is 1.29 bits per heavy atom. The van der Waals surface area contributed by atoms with E-state index in [9.17, 15) is 5.11 Å². The molecule has 1 N–H and O–H groups in total. The van der Waals surface area contributed by atoms with Crippen LogP contribution < -0.4 is 9.47 Å². The summed E-state index contributed by atoms with van der Waals surface area (Å²) in [7, 11) is 3.62. The third-order valence-electron chi connectivity index (χ3n) is 6.09. The third kappa shape index (κ3) is 1.59. The van der Waals surface area contributed by atoms with Gasteiger partial charge in [-0.3, -0.25) is 4.90 Å². The molecule has 1 aromatic rings. The van der Waals surface area contributed by atoms with Gasteiger partial charge < -0.3 is 24.1 Å². The smallest absolute Gasteiger partial charge is 0.231 e. The normalized spacial score (nSPS) is 39.5. The number of hydrogen-bond donors (Lipinski definition) is 1. The molecule has 128 valence electrons. The molecule has 1 aliphatic carbocycles. The fourth-order valence-electron chi connectivity index (χ4n) is 4.79. The standard InChI is InChI=1S/C18H21NO5/c1-19-8-16-17(4-3-12(21-2)7-18(17,19)20)13-6-15-14(23-10-24-15)5-11(13)9-22-16/h3-6,12,16,20H,7-10H2,1-2H3. The van der Waals surface area contributed by atoms with Crippen LogP contribution >= 0.6 is 0 Å². The van der Waals surface area contributed by atoms with Crippen molar-refractivity contribution < 1.29 is 24.1 Å². The quantitative estimate of drug-likeness (QED) is 0.780. The lowest BCUT2D eigenvalue weighted by Gasteiger charge is -2.50. The van der Waals surface area contributed by atoms with Gasteiger partial charge in [0.2, 0.25) is 6.79 Å². The highest BCUT2D eigenvalue weighted by atomic mass is 16.7. The summed E-state index contributed by atoms with van der Waals surface area (Å²) in [4.78, 5) is 1.99. The maximum absolute atomic E-state index is 11.7. The average Bonchev–Trinajstić information content (AvgIpc) is 3.13. The molecule has 1 spiro atoms. The van der Waals surface area contributed by atoms with E-state index in [0.29, 0.717) is 19.6 Å². The molecule has 4 atom stereocenters. The van der Waals surface area contributed by atoms with Gasteiger partial charge >= 0.3 is 0 Å². The van der Waals surface area contributed by atoms with Crippen molar-refractivity contribution in [3.05, 3.63) is 35.4 Å². The molecule has 4 aliphatic rings. The second-order valence-electron chi connectivity index (χ2n) is 7.07. The van der Waals surface area contributed by atoms with Crippen molar-refractivity contribution in [1.29, 1.82) is 0 Å². The van der Waals surface area contributed by atoms with Gasteiger partial charge in [-0.25, -0.2) is 0 Å². The Balaban J connectivity index is 1.75. The van der Waals surface area contributed by atoms with Gasteiger partial charge in [0.15, 0.2) is 11.5 Å². The van der Waals surface area contributed by atoms with Gasteiger partial charge in [-0.2, -0.15) is 0 Å². The fourth-order valence-corrected chi connectivity index (χ4v) is 4.79. The summed E-state index contributed by atoms with van der Waals surface area (Å²) in [6.45, 7) is 1.43. The first-order valence-corrected chi connectivity index (χ1v) is 8.29. The Labute approximate surface area is 140 Å². The van der Waals surface area contributed by atoms with Crippen molar-refractivity contribution in [1.82, 2.24) is 4.90 Å². The van der Waals surface area contributed by atoms with Gasteiger partial charge in [0.05, 0.1) is 24.2 Å². The molecule has 5 rings (SSSR count). The van der Waals surface area contributed by atoms with Gasteiger partial charge in [-0.1, -0.05) is 12.2 Å². The summed E-state index contributed by atoms with van der Waals surface area (Å²) in [6, 6.07) is 4.01. The molecule has 0 radical (unpaired) electrons. The molecule has 1 fully saturated rings. The molecule has 3 aliphatic heterocycles. The summed E-state index contributed by atoms with van der Waals surface area (Å²) in [6.07, 6.45) is 4.42. The van der Waals surface area contributed by atoms with Crippen LogP contribution in [0.4, 0.5) is 0 Å². The highest BCUT2D eigenvalue weighted by Gasteiger charge is 2.66. The lowest BCUT2D eigenvalue weighted by Crippen LogP contribution is -2.61. The molecular formula is C18H21NO5. The monoisotopic (exact) mass is 331 g/mol. The van der Waals surface area contributed by atoms with E-state index in [-0.39, 0.29) is 19.0 Å². The zero-order chi connectivity index (χ0) is 16.5. The number of nitrogens with zero attached hydrogens (tertiary/aromatic N) is 1. The number of likely N-dealkylation sites (N-methyl/N-ethyl adjacent to an activating group) is 1.